The maximum atomic E-state index is 5.37. The molecule has 0 unspecified atom stereocenters. The summed E-state index contributed by atoms with van der Waals surface area (Å²) in [6.07, 6.45) is 2.05. The first-order valence-electron chi connectivity index (χ1n) is 6.13. The van der Waals surface area contributed by atoms with Gasteiger partial charge in [0.2, 0.25) is 0 Å². The van der Waals surface area contributed by atoms with Crippen LogP contribution in [0, 0.1) is 13.8 Å². The summed E-state index contributed by atoms with van der Waals surface area (Å²) in [5.41, 5.74) is 9.98. The molecule has 1 aromatic carbocycles. The summed E-state index contributed by atoms with van der Waals surface area (Å²) in [6.45, 7) is 4.28. The molecular formula is C14H16N4. The Morgan fingerprint density at radius 2 is 1.72 bits per heavy atom. The number of hydrazine groups is 1. The average Bonchev–Trinajstić information content (AvgIpc) is 2.39. The monoisotopic (exact) mass is 240 g/mol. The van der Waals surface area contributed by atoms with E-state index in [-0.39, 0.29) is 0 Å². The van der Waals surface area contributed by atoms with Crippen molar-refractivity contribution >= 4 is 5.82 Å². The van der Waals surface area contributed by atoms with Crippen molar-refractivity contribution < 1.29 is 0 Å². The molecule has 4 heteroatoms. The fourth-order valence-corrected chi connectivity index (χ4v) is 2.49. The van der Waals surface area contributed by atoms with Crippen LogP contribution in [0.3, 0.4) is 0 Å². The van der Waals surface area contributed by atoms with Crippen molar-refractivity contribution in [3.05, 3.63) is 40.5 Å². The third-order valence-electron chi connectivity index (χ3n) is 3.66. The van der Waals surface area contributed by atoms with Gasteiger partial charge in [0, 0.05) is 5.56 Å². The maximum absolute atomic E-state index is 5.37. The molecule has 18 heavy (non-hydrogen) atoms. The Bertz CT molecular complexity index is 619. The van der Waals surface area contributed by atoms with Gasteiger partial charge in [0.25, 0.3) is 0 Å². The predicted molar refractivity (Wildman–Crippen MR) is 72.2 cm³/mol. The van der Waals surface area contributed by atoms with Crippen molar-refractivity contribution in [1.29, 1.82) is 0 Å². The summed E-state index contributed by atoms with van der Waals surface area (Å²) in [4.78, 5) is 0. The third-order valence-corrected chi connectivity index (χ3v) is 3.66. The fourth-order valence-electron chi connectivity index (χ4n) is 2.49. The molecule has 0 spiro atoms. The zero-order chi connectivity index (χ0) is 12.7. The minimum absolute atomic E-state index is 0.626. The molecule has 0 bridgehead atoms. The molecule has 4 nitrogen and oxygen atoms in total. The topological polar surface area (TPSA) is 63.8 Å². The lowest BCUT2D eigenvalue weighted by atomic mass is 9.87. The number of fused-ring (bicyclic) bond motifs is 3. The van der Waals surface area contributed by atoms with E-state index in [1.165, 1.54) is 27.8 Å². The van der Waals surface area contributed by atoms with Crippen molar-refractivity contribution in [3.8, 4) is 11.3 Å². The van der Waals surface area contributed by atoms with Crippen molar-refractivity contribution in [2.75, 3.05) is 5.43 Å². The van der Waals surface area contributed by atoms with E-state index in [4.69, 9.17) is 5.84 Å². The number of rotatable bonds is 1. The van der Waals surface area contributed by atoms with E-state index in [0.29, 0.717) is 5.82 Å². The van der Waals surface area contributed by atoms with Crippen molar-refractivity contribution in [2.24, 2.45) is 5.84 Å². The minimum Gasteiger partial charge on any atom is -0.307 e. The molecule has 1 heterocycles. The van der Waals surface area contributed by atoms with Crippen LogP contribution >= 0.6 is 0 Å². The molecule has 0 saturated heterocycles. The van der Waals surface area contributed by atoms with E-state index in [2.05, 4.69) is 41.6 Å². The normalized spacial score (nSPS) is 12.8. The van der Waals surface area contributed by atoms with Gasteiger partial charge in [0.05, 0.1) is 5.69 Å². The third kappa shape index (κ3) is 1.66. The van der Waals surface area contributed by atoms with Crippen LogP contribution in [-0.2, 0) is 12.8 Å². The molecule has 92 valence electrons. The zero-order valence-electron chi connectivity index (χ0n) is 10.6. The van der Waals surface area contributed by atoms with Gasteiger partial charge in [0.15, 0.2) is 5.82 Å². The van der Waals surface area contributed by atoms with Crippen LogP contribution in [0.2, 0.25) is 0 Å². The number of benzene rings is 1. The van der Waals surface area contributed by atoms with Gasteiger partial charge in [-0.1, -0.05) is 6.07 Å². The van der Waals surface area contributed by atoms with E-state index in [1.54, 1.807) is 0 Å². The van der Waals surface area contributed by atoms with Gasteiger partial charge in [-0.2, -0.15) is 0 Å². The molecule has 0 fully saturated rings. The van der Waals surface area contributed by atoms with Crippen LogP contribution in [0.15, 0.2) is 18.2 Å². The lowest BCUT2D eigenvalue weighted by molar-refractivity contribution is 0.893. The first kappa shape index (κ1) is 11.2. The summed E-state index contributed by atoms with van der Waals surface area (Å²) in [5.74, 6) is 6.00. The summed E-state index contributed by atoms with van der Waals surface area (Å²) in [6, 6.07) is 6.47. The highest BCUT2D eigenvalue weighted by atomic mass is 15.3. The largest absolute Gasteiger partial charge is 0.307 e. The van der Waals surface area contributed by atoms with Gasteiger partial charge in [-0.25, -0.2) is 5.84 Å². The number of aromatic nitrogens is 2. The number of aryl methyl sites for hydroxylation is 4. The van der Waals surface area contributed by atoms with Crippen LogP contribution in [0.1, 0.15) is 22.3 Å². The zero-order valence-corrected chi connectivity index (χ0v) is 10.6. The summed E-state index contributed by atoms with van der Waals surface area (Å²) < 4.78 is 0. The molecule has 0 radical (unpaired) electrons. The van der Waals surface area contributed by atoms with E-state index in [1.807, 2.05) is 6.07 Å². The minimum atomic E-state index is 0.626. The summed E-state index contributed by atoms with van der Waals surface area (Å²) in [5, 5.41) is 8.39. The predicted octanol–water partition coefficient (Wildman–Crippen LogP) is 2.14. The van der Waals surface area contributed by atoms with Crippen LogP contribution in [0.5, 0.6) is 0 Å². The number of hydrogen-bond acceptors (Lipinski definition) is 4. The molecule has 3 rings (SSSR count). The number of nitrogen functional groups attached to an aromatic ring is 1. The highest BCUT2D eigenvalue weighted by Gasteiger charge is 2.19. The first-order chi connectivity index (χ1) is 8.69. The molecule has 0 amide bonds. The highest BCUT2D eigenvalue weighted by molar-refractivity contribution is 5.71. The fraction of sp³-hybridized carbons (Fsp3) is 0.286. The molecule has 0 atom stereocenters. The quantitative estimate of drug-likeness (QED) is 0.592. The molecule has 0 aliphatic heterocycles. The van der Waals surface area contributed by atoms with Gasteiger partial charge in [-0.15, -0.1) is 10.2 Å². The molecule has 1 aliphatic rings. The van der Waals surface area contributed by atoms with Crippen LogP contribution in [0.25, 0.3) is 11.3 Å². The highest BCUT2D eigenvalue weighted by Crippen LogP contribution is 2.33. The number of nitrogens with zero attached hydrogens (tertiary/aromatic N) is 2. The molecule has 0 saturated carbocycles. The number of hydrogen-bond donors (Lipinski definition) is 2. The maximum Gasteiger partial charge on any atom is 0.162 e. The molecule has 1 aliphatic carbocycles. The Labute approximate surface area is 106 Å². The second kappa shape index (κ2) is 4.07. The smallest absolute Gasteiger partial charge is 0.162 e. The standard InChI is InChI=1S/C14H16N4/c1-8-5-10-3-4-11-7-13(16-15)17-18-14(11)12(10)6-9(8)2/h5-7H,3-4,15H2,1-2H3,(H,16,17). The second-order valence-electron chi connectivity index (χ2n) is 4.84. The van der Waals surface area contributed by atoms with Crippen LogP contribution < -0.4 is 11.3 Å². The van der Waals surface area contributed by atoms with E-state index in [9.17, 15) is 0 Å². The van der Waals surface area contributed by atoms with Gasteiger partial charge in [0.1, 0.15) is 0 Å². The first-order valence-corrected chi connectivity index (χ1v) is 6.13. The number of anilines is 1. The second-order valence-corrected chi connectivity index (χ2v) is 4.84. The lowest BCUT2D eigenvalue weighted by Crippen LogP contribution is -2.13. The van der Waals surface area contributed by atoms with Gasteiger partial charge in [-0.3, -0.25) is 0 Å². The van der Waals surface area contributed by atoms with E-state index < -0.39 is 0 Å². The SMILES string of the molecule is Cc1cc2c(cc1C)-c1nnc(NN)cc1CC2. The average molecular weight is 240 g/mol. The Kier molecular flexibility index (Phi) is 2.52. The van der Waals surface area contributed by atoms with Crippen LogP contribution in [0.4, 0.5) is 5.82 Å². The summed E-state index contributed by atoms with van der Waals surface area (Å²) >= 11 is 0. The Hall–Kier alpha value is -1.94. The van der Waals surface area contributed by atoms with E-state index >= 15 is 0 Å². The Balaban J connectivity index is 2.19. The molecule has 3 N–H and O–H groups in total. The number of nitrogens with two attached hydrogens (primary N) is 1. The Morgan fingerprint density at radius 3 is 2.50 bits per heavy atom. The van der Waals surface area contributed by atoms with Crippen molar-refractivity contribution in [1.82, 2.24) is 10.2 Å². The molecular weight excluding hydrogens is 224 g/mol. The Morgan fingerprint density at radius 1 is 1.00 bits per heavy atom. The van der Waals surface area contributed by atoms with Gasteiger partial charge in [-0.05, 0) is 61.1 Å². The molecule has 1 aromatic heterocycles. The molecule has 2 aromatic rings. The van der Waals surface area contributed by atoms with Gasteiger partial charge < -0.3 is 5.43 Å². The van der Waals surface area contributed by atoms with Crippen molar-refractivity contribution in [3.63, 3.8) is 0 Å². The lowest BCUT2D eigenvalue weighted by Gasteiger charge is -2.20. The van der Waals surface area contributed by atoms with Gasteiger partial charge >= 0.3 is 0 Å². The van der Waals surface area contributed by atoms with Crippen LogP contribution in [-0.4, -0.2) is 10.2 Å². The van der Waals surface area contributed by atoms with E-state index in [0.717, 1.165) is 18.5 Å². The van der Waals surface area contributed by atoms with Crippen molar-refractivity contribution in [2.45, 2.75) is 26.7 Å². The number of nitrogens with one attached hydrogen (secondary N) is 1. The summed E-state index contributed by atoms with van der Waals surface area (Å²) in [7, 11) is 0.